The summed E-state index contributed by atoms with van der Waals surface area (Å²) in [7, 11) is 3.21. The van der Waals surface area contributed by atoms with Gasteiger partial charge >= 0.3 is 0 Å². The average Bonchev–Trinajstić information content (AvgIpc) is 2.62. The molecule has 3 rings (SSSR count). The minimum absolute atomic E-state index is 0.0239. The average molecular weight is 357 g/mol. The summed E-state index contributed by atoms with van der Waals surface area (Å²) < 4.78 is 23.7. The molecule has 0 atom stereocenters. The fourth-order valence-corrected chi connectivity index (χ4v) is 3.47. The number of halogens is 1. The monoisotopic (exact) mass is 357 g/mol. The smallest absolute Gasteiger partial charge is 0.230 e. The highest BCUT2D eigenvalue weighted by atomic mass is 19.1. The van der Waals surface area contributed by atoms with Gasteiger partial charge < -0.3 is 14.8 Å². The van der Waals surface area contributed by atoms with Crippen LogP contribution in [0, 0.1) is 5.82 Å². The highest BCUT2D eigenvalue weighted by Gasteiger charge is 2.45. The Morgan fingerprint density at radius 3 is 2.35 bits per heavy atom. The lowest BCUT2D eigenvalue weighted by molar-refractivity contribution is -0.129. The third kappa shape index (κ3) is 3.52. The standard InChI is InChI=1S/C21H24FNO3/c1-25-18-9-4-15(14-19(18)26-2)10-13-23-20(24)21(11-3-12-21)16-5-7-17(22)8-6-16/h4-9,14H,3,10-13H2,1-2H3,(H,23,24). The summed E-state index contributed by atoms with van der Waals surface area (Å²) >= 11 is 0. The Morgan fingerprint density at radius 2 is 1.77 bits per heavy atom. The van der Waals surface area contributed by atoms with Crippen LogP contribution in [0.5, 0.6) is 11.5 Å². The second kappa shape index (κ2) is 7.77. The number of hydrogen-bond acceptors (Lipinski definition) is 3. The molecule has 1 amide bonds. The van der Waals surface area contributed by atoms with Gasteiger partial charge in [-0.2, -0.15) is 0 Å². The van der Waals surface area contributed by atoms with Gasteiger partial charge in [0.1, 0.15) is 5.82 Å². The highest BCUT2D eigenvalue weighted by molar-refractivity contribution is 5.89. The minimum Gasteiger partial charge on any atom is -0.493 e. The zero-order valence-corrected chi connectivity index (χ0v) is 15.2. The summed E-state index contributed by atoms with van der Waals surface area (Å²) in [5.41, 5.74) is 1.45. The molecular weight excluding hydrogens is 333 g/mol. The molecule has 26 heavy (non-hydrogen) atoms. The number of hydrogen-bond donors (Lipinski definition) is 1. The highest BCUT2D eigenvalue weighted by Crippen LogP contribution is 2.44. The zero-order chi connectivity index (χ0) is 18.6. The van der Waals surface area contributed by atoms with Crippen molar-refractivity contribution in [2.75, 3.05) is 20.8 Å². The van der Waals surface area contributed by atoms with Crippen LogP contribution in [0.1, 0.15) is 30.4 Å². The summed E-state index contributed by atoms with van der Waals surface area (Å²) in [4.78, 5) is 12.8. The molecule has 0 spiro atoms. The molecule has 5 heteroatoms. The molecule has 138 valence electrons. The van der Waals surface area contributed by atoms with Crippen LogP contribution in [-0.4, -0.2) is 26.7 Å². The van der Waals surface area contributed by atoms with Crippen molar-refractivity contribution in [3.8, 4) is 11.5 Å². The van der Waals surface area contributed by atoms with Gasteiger partial charge in [0.2, 0.25) is 5.91 Å². The van der Waals surface area contributed by atoms with E-state index in [4.69, 9.17) is 9.47 Å². The van der Waals surface area contributed by atoms with Gasteiger partial charge in [0.15, 0.2) is 11.5 Å². The van der Waals surface area contributed by atoms with E-state index in [-0.39, 0.29) is 11.7 Å². The Hall–Kier alpha value is -2.56. The fraction of sp³-hybridized carbons (Fsp3) is 0.381. The van der Waals surface area contributed by atoms with Gasteiger partial charge in [0.25, 0.3) is 0 Å². The summed E-state index contributed by atoms with van der Waals surface area (Å²) in [6.45, 7) is 0.539. The van der Waals surface area contributed by atoms with Crippen molar-refractivity contribution < 1.29 is 18.7 Å². The van der Waals surface area contributed by atoms with Crippen LogP contribution >= 0.6 is 0 Å². The van der Waals surface area contributed by atoms with E-state index < -0.39 is 5.41 Å². The molecule has 1 aliphatic carbocycles. The van der Waals surface area contributed by atoms with Crippen LogP contribution in [0.15, 0.2) is 42.5 Å². The van der Waals surface area contributed by atoms with E-state index in [1.54, 1.807) is 26.4 Å². The summed E-state index contributed by atoms with van der Waals surface area (Å²) in [5.74, 6) is 1.11. The molecule has 0 unspecified atom stereocenters. The Bertz CT molecular complexity index is 769. The van der Waals surface area contributed by atoms with Crippen molar-refractivity contribution in [3.05, 3.63) is 59.4 Å². The van der Waals surface area contributed by atoms with Crippen LogP contribution in [0.2, 0.25) is 0 Å². The number of carbonyl (C=O) groups is 1. The van der Waals surface area contributed by atoms with Gasteiger partial charge in [-0.3, -0.25) is 4.79 Å². The van der Waals surface area contributed by atoms with Crippen LogP contribution in [0.4, 0.5) is 4.39 Å². The molecule has 1 fully saturated rings. The molecule has 0 saturated heterocycles. The first-order valence-electron chi connectivity index (χ1n) is 8.84. The number of ether oxygens (including phenoxy) is 2. The lowest BCUT2D eigenvalue weighted by Crippen LogP contribution is -2.49. The van der Waals surface area contributed by atoms with Crippen molar-refractivity contribution in [1.82, 2.24) is 5.32 Å². The molecule has 4 nitrogen and oxygen atoms in total. The van der Waals surface area contributed by atoms with Gasteiger partial charge in [0.05, 0.1) is 19.6 Å². The molecule has 0 heterocycles. The lowest BCUT2D eigenvalue weighted by Gasteiger charge is -2.40. The fourth-order valence-electron chi connectivity index (χ4n) is 3.47. The molecule has 0 aliphatic heterocycles. The zero-order valence-electron chi connectivity index (χ0n) is 15.2. The summed E-state index contributed by atoms with van der Waals surface area (Å²) in [5, 5.41) is 3.05. The Balaban J connectivity index is 1.62. The molecule has 0 radical (unpaired) electrons. The van der Waals surface area contributed by atoms with Crippen LogP contribution in [-0.2, 0) is 16.6 Å². The normalized spacial score (nSPS) is 15.0. The van der Waals surface area contributed by atoms with Gasteiger partial charge in [-0.15, -0.1) is 0 Å². The first kappa shape index (κ1) is 18.2. The van der Waals surface area contributed by atoms with Gasteiger partial charge in [-0.1, -0.05) is 24.6 Å². The number of benzene rings is 2. The first-order valence-corrected chi connectivity index (χ1v) is 8.84. The minimum atomic E-state index is -0.509. The Labute approximate surface area is 153 Å². The SMILES string of the molecule is COc1ccc(CCNC(=O)C2(c3ccc(F)cc3)CCC2)cc1OC. The number of rotatable bonds is 7. The number of nitrogens with one attached hydrogen (secondary N) is 1. The van der Waals surface area contributed by atoms with E-state index in [2.05, 4.69) is 5.32 Å². The van der Waals surface area contributed by atoms with Crippen molar-refractivity contribution in [2.45, 2.75) is 31.1 Å². The topological polar surface area (TPSA) is 47.6 Å². The Morgan fingerprint density at radius 1 is 1.08 bits per heavy atom. The number of carbonyl (C=O) groups excluding carboxylic acids is 1. The molecule has 1 aliphatic rings. The van der Waals surface area contributed by atoms with Gasteiger partial charge in [-0.05, 0) is 54.7 Å². The first-order chi connectivity index (χ1) is 12.6. The molecular formula is C21H24FNO3. The molecule has 2 aromatic rings. The van der Waals surface area contributed by atoms with Crippen LogP contribution in [0.3, 0.4) is 0 Å². The maximum atomic E-state index is 13.2. The molecule has 0 bridgehead atoms. The van der Waals surface area contributed by atoms with Crippen molar-refractivity contribution in [2.24, 2.45) is 0 Å². The number of methoxy groups -OCH3 is 2. The van der Waals surface area contributed by atoms with Crippen LogP contribution < -0.4 is 14.8 Å². The van der Waals surface area contributed by atoms with E-state index in [0.717, 1.165) is 30.4 Å². The predicted octanol–water partition coefficient (Wildman–Crippen LogP) is 3.62. The molecule has 2 aromatic carbocycles. The quantitative estimate of drug-likeness (QED) is 0.823. The largest absolute Gasteiger partial charge is 0.493 e. The van der Waals surface area contributed by atoms with E-state index >= 15 is 0 Å². The molecule has 0 aromatic heterocycles. The maximum absolute atomic E-state index is 13.2. The Kier molecular flexibility index (Phi) is 5.45. The number of amides is 1. The van der Waals surface area contributed by atoms with E-state index in [0.29, 0.717) is 24.5 Å². The third-order valence-electron chi connectivity index (χ3n) is 5.19. The predicted molar refractivity (Wildman–Crippen MR) is 98.2 cm³/mol. The summed E-state index contributed by atoms with van der Waals surface area (Å²) in [6.07, 6.45) is 3.33. The second-order valence-corrected chi connectivity index (χ2v) is 6.64. The maximum Gasteiger partial charge on any atom is 0.230 e. The lowest BCUT2D eigenvalue weighted by atomic mass is 9.64. The molecule has 1 N–H and O–H groups in total. The van der Waals surface area contributed by atoms with E-state index in [9.17, 15) is 9.18 Å². The van der Waals surface area contributed by atoms with E-state index in [1.807, 2.05) is 18.2 Å². The third-order valence-corrected chi connectivity index (χ3v) is 5.19. The van der Waals surface area contributed by atoms with Gasteiger partial charge in [0, 0.05) is 6.54 Å². The van der Waals surface area contributed by atoms with Crippen LogP contribution in [0.25, 0.3) is 0 Å². The van der Waals surface area contributed by atoms with Gasteiger partial charge in [-0.25, -0.2) is 4.39 Å². The summed E-state index contributed by atoms with van der Waals surface area (Å²) in [6, 6.07) is 12.0. The van der Waals surface area contributed by atoms with Crippen molar-refractivity contribution in [3.63, 3.8) is 0 Å². The molecule has 1 saturated carbocycles. The van der Waals surface area contributed by atoms with E-state index in [1.165, 1.54) is 12.1 Å². The second-order valence-electron chi connectivity index (χ2n) is 6.64. The van der Waals surface area contributed by atoms with Crippen molar-refractivity contribution >= 4 is 5.91 Å². The van der Waals surface area contributed by atoms with Crippen molar-refractivity contribution in [1.29, 1.82) is 0 Å².